The van der Waals surface area contributed by atoms with Crippen LogP contribution in [0.4, 0.5) is 0 Å². The quantitative estimate of drug-likeness (QED) is 0.556. The zero-order valence-corrected chi connectivity index (χ0v) is 7.35. The van der Waals surface area contributed by atoms with E-state index >= 15 is 0 Å². The molecule has 0 aromatic heterocycles. The van der Waals surface area contributed by atoms with Gasteiger partial charge in [-0.05, 0) is 0 Å². The molecule has 0 aromatic carbocycles. The van der Waals surface area contributed by atoms with Gasteiger partial charge in [0.2, 0.25) is 0 Å². The number of nitrogens with zero attached hydrogens (tertiary/aromatic N) is 2. The Morgan fingerprint density at radius 2 is 2.18 bits per heavy atom. The minimum absolute atomic E-state index is 0.0934. The fourth-order valence-electron chi connectivity index (χ4n) is 1.39. The molecule has 1 unspecified atom stereocenters. The van der Waals surface area contributed by atoms with Crippen molar-refractivity contribution in [3.8, 4) is 0 Å². The third-order valence-corrected chi connectivity index (χ3v) is 2.94. The Balaban J connectivity index is 1.82. The van der Waals surface area contributed by atoms with E-state index < -0.39 is 0 Å². The Bertz CT molecular complexity index is 122. The predicted octanol–water partition coefficient (Wildman–Crippen LogP) is -0.0466. The van der Waals surface area contributed by atoms with E-state index in [2.05, 4.69) is 10.2 Å². The average molecular weight is 173 g/mol. The molecule has 0 saturated carbocycles. The van der Waals surface area contributed by atoms with Crippen molar-refractivity contribution in [3.63, 3.8) is 0 Å². The Kier molecular flexibility index (Phi) is 2.68. The molecular weight excluding hydrogens is 160 g/mol. The van der Waals surface area contributed by atoms with Crippen molar-refractivity contribution < 1.29 is 4.74 Å². The largest absolute Gasteiger partial charge is 0.347 e. The van der Waals surface area contributed by atoms with E-state index in [0.29, 0.717) is 0 Å². The first-order valence-electron chi connectivity index (χ1n) is 4.07. The van der Waals surface area contributed by atoms with Gasteiger partial charge in [-0.1, -0.05) is 0 Å². The highest BCUT2D eigenvalue weighted by Crippen LogP contribution is 2.13. The highest BCUT2D eigenvalue weighted by atomic mass is 32.2. The fourth-order valence-corrected chi connectivity index (χ4v) is 2.32. The van der Waals surface area contributed by atoms with Crippen LogP contribution >= 0.6 is 11.8 Å². The SMILES string of the molecule is C1COC(N2CCSCC2)[N]1. The molecule has 3 nitrogen and oxygen atoms in total. The van der Waals surface area contributed by atoms with Gasteiger partial charge in [-0.15, -0.1) is 0 Å². The van der Waals surface area contributed by atoms with Crippen LogP contribution in [0.5, 0.6) is 0 Å². The van der Waals surface area contributed by atoms with E-state index in [4.69, 9.17) is 4.74 Å². The normalized spacial score (nSPS) is 34.4. The van der Waals surface area contributed by atoms with Gasteiger partial charge >= 0.3 is 0 Å². The van der Waals surface area contributed by atoms with Gasteiger partial charge in [0, 0.05) is 31.1 Å². The molecule has 4 heteroatoms. The van der Waals surface area contributed by atoms with Gasteiger partial charge in [0.05, 0.1) is 6.61 Å². The zero-order chi connectivity index (χ0) is 7.52. The zero-order valence-electron chi connectivity index (χ0n) is 6.53. The lowest BCUT2D eigenvalue weighted by Gasteiger charge is -2.29. The molecule has 63 valence electrons. The molecule has 0 bridgehead atoms. The van der Waals surface area contributed by atoms with Crippen molar-refractivity contribution in [2.45, 2.75) is 6.35 Å². The number of rotatable bonds is 1. The van der Waals surface area contributed by atoms with Gasteiger partial charge in [-0.3, -0.25) is 4.90 Å². The summed E-state index contributed by atoms with van der Waals surface area (Å²) < 4.78 is 5.44. The summed E-state index contributed by atoms with van der Waals surface area (Å²) in [7, 11) is 0. The summed E-state index contributed by atoms with van der Waals surface area (Å²) in [5.41, 5.74) is 0. The summed E-state index contributed by atoms with van der Waals surface area (Å²) in [6, 6.07) is 0. The van der Waals surface area contributed by atoms with Crippen LogP contribution in [0, 0.1) is 0 Å². The molecule has 0 N–H and O–H groups in total. The topological polar surface area (TPSA) is 26.6 Å². The number of ether oxygens (including phenoxy) is 1. The van der Waals surface area contributed by atoms with Crippen LogP contribution in [-0.2, 0) is 4.74 Å². The molecular formula is C7H13N2OS. The van der Waals surface area contributed by atoms with E-state index in [1.165, 1.54) is 11.5 Å². The van der Waals surface area contributed by atoms with Crippen LogP contribution in [0.25, 0.3) is 0 Å². The smallest absolute Gasteiger partial charge is 0.181 e. The van der Waals surface area contributed by atoms with Gasteiger partial charge in [-0.2, -0.15) is 17.1 Å². The van der Waals surface area contributed by atoms with E-state index in [1.807, 2.05) is 11.8 Å². The Hall–Kier alpha value is 0.230. The Morgan fingerprint density at radius 1 is 1.36 bits per heavy atom. The van der Waals surface area contributed by atoms with Crippen molar-refractivity contribution in [2.24, 2.45) is 0 Å². The van der Waals surface area contributed by atoms with Gasteiger partial charge < -0.3 is 4.74 Å². The second-order valence-electron chi connectivity index (χ2n) is 2.75. The van der Waals surface area contributed by atoms with Crippen molar-refractivity contribution >= 4 is 11.8 Å². The van der Waals surface area contributed by atoms with Crippen LogP contribution in [0.2, 0.25) is 0 Å². The maximum absolute atomic E-state index is 5.44. The number of hydrogen-bond donors (Lipinski definition) is 0. The Labute approximate surface area is 71.5 Å². The van der Waals surface area contributed by atoms with E-state index in [9.17, 15) is 0 Å². The van der Waals surface area contributed by atoms with Crippen LogP contribution in [-0.4, -0.2) is 49.0 Å². The van der Waals surface area contributed by atoms with Gasteiger partial charge in [0.15, 0.2) is 6.35 Å². The molecule has 2 aliphatic heterocycles. The van der Waals surface area contributed by atoms with E-state index in [0.717, 1.165) is 26.2 Å². The standard InChI is InChI=1S/C7H13N2OS/c1-4-10-7(8-1)9-2-5-11-6-3-9/h7H,1-6H2. The molecule has 0 spiro atoms. The summed E-state index contributed by atoms with van der Waals surface area (Å²) in [5, 5.41) is 4.35. The first-order chi connectivity index (χ1) is 5.47. The molecule has 2 rings (SSSR count). The lowest BCUT2D eigenvalue weighted by molar-refractivity contribution is -0.0278. The molecule has 0 aromatic rings. The van der Waals surface area contributed by atoms with E-state index in [-0.39, 0.29) is 6.35 Å². The van der Waals surface area contributed by atoms with Crippen molar-refractivity contribution in [3.05, 3.63) is 0 Å². The van der Waals surface area contributed by atoms with Crippen molar-refractivity contribution in [1.29, 1.82) is 0 Å². The third-order valence-electron chi connectivity index (χ3n) is 2.00. The minimum Gasteiger partial charge on any atom is -0.347 e. The third kappa shape index (κ3) is 1.87. The van der Waals surface area contributed by atoms with Crippen LogP contribution < -0.4 is 5.32 Å². The van der Waals surface area contributed by atoms with Crippen LogP contribution in [0.15, 0.2) is 0 Å². The summed E-state index contributed by atoms with van der Waals surface area (Å²) in [5.74, 6) is 2.46. The summed E-state index contributed by atoms with van der Waals surface area (Å²) in [4.78, 5) is 2.32. The predicted molar refractivity (Wildman–Crippen MR) is 45.6 cm³/mol. The number of thioether (sulfide) groups is 1. The first-order valence-corrected chi connectivity index (χ1v) is 5.22. The van der Waals surface area contributed by atoms with Gasteiger partial charge in [0.1, 0.15) is 0 Å². The molecule has 2 heterocycles. The molecule has 2 aliphatic rings. The molecule has 2 fully saturated rings. The molecule has 1 atom stereocenters. The van der Waals surface area contributed by atoms with Crippen molar-refractivity contribution in [2.75, 3.05) is 37.7 Å². The summed E-state index contributed by atoms with van der Waals surface area (Å²) >= 11 is 2.02. The second kappa shape index (κ2) is 3.76. The highest BCUT2D eigenvalue weighted by molar-refractivity contribution is 7.99. The molecule has 2 saturated heterocycles. The lowest BCUT2D eigenvalue weighted by Crippen LogP contribution is -2.44. The van der Waals surface area contributed by atoms with Gasteiger partial charge in [0.25, 0.3) is 0 Å². The first kappa shape index (κ1) is 7.86. The highest BCUT2D eigenvalue weighted by Gasteiger charge is 2.24. The molecule has 0 amide bonds. The maximum atomic E-state index is 5.44. The maximum Gasteiger partial charge on any atom is 0.181 e. The molecule has 0 aliphatic carbocycles. The Morgan fingerprint density at radius 3 is 2.82 bits per heavy atom. The van der Waals surface area contributed by atoms with Crippen LogP contribution in [0.3, 0.4) is 0 Å². The van der Waals surface area contributed by atoms with E-state index in [1.54, 1.807) is 0 Å². The monoisotopic (exact) mass is 173 g/mol. The minimum atomic E-state index is 0.0934. The second-order valence-corrected chi connectivity index (χ2v) is 3.98. The lowest BCUT2D eigenvalue weighted by atomic mass is 10.5. The molecule has 11 heavy (non-hydrogen) atoms. The average Bonchev–Trinajstić information content (AvgIpc) is 2.58. The van der Waals surface area contributed by atoms with Crippen LogP contribution in [0.1, 0.15) is 0 Å². The summed E-state index contributed by atoms with van der Waals surface area (Å²) in [6.45, 7) is 3.97. The fraction of sp³-hybridized carbons (Fsp3) is 1.00. The molecule has 1 radical (unpaired) electrons. The summed E-state index contributed by atoms with van der Waals surface area (Å²) in [6.07, 6.45) is 0.0934. The van der Waals surface area contributed by atoms with Crippen molar-refractivity contribution in [1.82, 2.24) is 10.2 Å². The van der Waals surface area contributed by atoms with Gasteiger partial charge in [-0.25, -0.2) is 0 Å². The number of hydrogen-bond acceptors (Lipinski definition) is 3.